The van der Waals surface area contributed by atoms with Crippen LogP contribution < -0.4 is 43.0 Å². The number of carbonyl (C=O) groups is 7. The van der Waals surface area contributed by atoms with Crippen molar-refractivity contribution in [1.82, 2.24) is 42.3 Å². The molecule has 67 heavy (non-hydrogen) atoms. The van der Waals surface area contributed by atoms with E-state index in [4.69, 9.17) is 5.73 Å². The summed E-state index contributed by atoms with van der Waals surface area (Å²) in [5, 5.41) is 19.4. The van der Waals surface area contributed by atoms with Gasteiger partial charge in [0.1, 0.15) is 34.2 Å². The zero-order valence-electron chi connectivity index (χ0n) is 37.7. The highest BCUT2D eigenvalue weighted by Crippen LogP contribution is 2.23. The summed E-state index contributed by atoms with van der Waals surface area (Å²) in [5.41, 5.74) is 9.15. The molecule has 7 rings (SSSR count). The Balaban J connectivity index is 0.928. The third kappa shape index (κ3) is 10.3. The number of amides is 7. The summed E-state index contributed by atoms with van der Waals surface area (Å²) in [6, 6.07) is 9.10. The number of nitrogens with two attached hydrogens (primary N) is 1. The van der Waals surface area contributed by atoms with Crippen molar-refractivity contribution in [3.63, 3.8) is 0 Å². The van der Waals surface area contributed by atoms with E-state index in [-0.39, 0.29) is 40.2 Å². The molecule has 0 aliphatic carbocycles. The van der Waals surface area contributed by atoms with E-state index in [0.717, 1.165) is 0 Å². The zero-order valence-corrected chi connectivity index (χ0v) is 37.7. The number of nitrogens with one attached hydrogen (secondary N) is 7. The first-order valence-electron chi connectivity index (χ1n) is 20.7. The van der Waals surface area contributed by atoms with Gasteiger partial charge in [0.05, 0.1) is 34.1 Å². The first-order valence-corrected chi connectivity index (χ1v) is 20.7. The van der Waals surface area contributed by atoms with Crippen LogP contribution in [-0.2, 0) is 49.3 Å². The second-order valence-corrected chi connectivity index (χ2v) is 15.8. The fourth-order valence-electron chi connectivity index (χ4n) is 7.29. The fraction of sp³-hybridized carbons (Fsp3) is 0.227. The number of nitrogens with zero attached hydrogens (tertiary/aromatic N) is 8. The van der Waals surface area contributed by atoms with Crippen molar-refractivity contribution >= 4 is 75.5 Å². The number of carbonyl (C=O) groups excluding carboxylic acids is 7. The maximum Gasteiger partial charge on any atom is 0.291 e. The Hall–Kier alpha value is -8.86. The van der Waals surface area contributed by atoms with Crippen LogP contribution in [0.3, 0.4) is 0 Å². The monoisotopic (exact) mass is 914 g/mol. The molecule has 0 aromatic carbocycles. The minimum atomic E-state index is -0.513. The molecule has 0 unspecified atom stereocenters. The van der Waals surface area contributed by atoms with Gasteiger partial charge in [-0.3, -0.25) is 33.6 Å². The summed E-state index contributed by atoms with van der Waals surface area (Å²) in [4.78, 5) is 95.9. The van der Waals surface area contributed by atoms with E-state index < -0.39 is 35.4 Å². The second-order valence-electron chi connectivity index (χ2n) is 15.8. The number of imidazole rings is 1. The number of anilines is 6. The van der Waals surface area contributed by atoms with Gasteiger partial charge in [-0.2, -0.15) is 0 Å². The molecular formula is C44H50N16O7. The van der Waals surface area contributed by atoms with Gasteiger partial charge in [0.15, 0.2) is 5.82 Å². The summed E-state index contributed by atoms with van der Waals surface area (Å²) in [6.45, 7) is 0.880. The smallest absolute Gasteiger partial charge is 0.291 e. The van der Waals surface area contributed by atoms with Crippen LogP contribution in [0.4, 0.5) is 34.1 Å². The molecule has 9 N–H and O–H groups in total. The van der Waals surface area contributed by atoms with Crippen molar-refractivity contribution in [2.24, 2.45) is 55.1 Å². The van der Waals surface area contributed by atoms with Gasteiger partial charge in [-0.05, 0) is 49.4 Å². The van der Waals surface area contributed by atoms with Crippen LogP contribution in [0.2, 0.25) is 0 Å². The van der Waals surface area contributed by atoms with Crippen LogP contribution in [0.5, 0.6) is 0 Å². The Labute approximate surface area is 382 Å². The predicted molar refractivity (Wildman–Crippen MR) is 249 cm³/mol. The molecule has 7 aromatic heterocycles. The maximum absolute atomic E-state index is 13.5. The van der Waals surface area contributed by atoms with Crippen LogP contribution in [0.25, 0.3) is 0 Å². The molecule has 23 nitrogen and oxygen atoms in total. The Morgan fingerprint density at radius 1 is 0.418 bits per heavy atom. The van der Waals surface area contributed by atoms with Crippen LogP contribution in [0.15, 0.2) is 86.0 Å². The topological polar surface area (TPSA) is 277 Å². The van der Waals surface area contributed by atoms with Crippen LogP contribution >= 0.6 is 0 Å². The lowest BCUT2D eigenvalue weighted by molar-refractivity contribution is 0.0941. The highest BCUT2D eigenvalue weighted by atomic mass is 16.2. The van der Waals surface area contributed by atoms with Gasteiger partial charge in [-0.15, -0.1) is 0 Å². The minimum absolute atomic E-state index is 0.204. The molecule has 0 fully saturated rings. The number of aromatic nitrogens is 8. The molecule has 348 valence electrons. The van der Waals surface area contributed by atoms with E-state index in [1.54, 1.807) is 122 Å². The molecule has 0 bridgehead atoms. The molecule has 0 atom stereocenters. The molecule has 0 saturated heterocycles. The summed E-state index contributed by atoms with van der Waals surface area (Å²) in [6.07, 6.45) is 13.3. The Bertz CT molecular complexity index is 3070. The van der Waals surface area contributed by atoms with Crippen molar-refractivity contribution in [3.8, 4) is 0 Å². The quantitative estimate of drug-likeness (QED) is 0.0661. The molecule has 0 saturated carbocycles. The van der Waals surface area contributed by atoms with Gasteiger partial charge < -0.3 is 74.9 Å². The van der Waals surface area contributed by atoms with Gasteiger partial charge in [-0.1, -0.05) is 0 Å². The minimum Gasteiger partial charge on any atom is -0.351 e. The lowest BCUT2D eigenvalue weighted by Gasteiger charge is -2.04. The average Bonchev–Trinajstić information content (AvgIpc) is 4.14. The fourth-order valence-corrected chi connectivity index (χ4v) is 7.29. The van der Waals surface area contributed by atoms with Gasteiger partial charge in [0, 0.05) is 105 Å². The van der Waals surface area contributed by atoms with E-state index in [0.29, 0.717) is 59.3 Å². The highest BCUT2D eigenvalue weighted by Gasteiger charge is 2.22. The average molecular weight is 915 g/mol. The number of hydrogen-bond donors (Lipinski definition) is 8. The van der Waals surface area contributed by atoms with Gasteiger partial charge in [-0.25, -0.2) is 4.98 Å². The molecule has 0 spiro atoms. The van der Waals surface area contributed by atoms with E-state index in [1.807, 2.05) is 0 Å². The lowest BCUT2D eigenvalue weighted by Crippen LogP contribution is -2.27. The molecule has 0 aliphatic rings. The van der Waals surface area contributed by atoms with Crippen molar-refractivity contribution in [1.29, 1.82) is 0 Å². The highest BCUT2D eigenvalue weighted by molar-refractivity contribution is 6.11. The normalized spacial score (nSPS) is 11.0. The molecule has 0 aliphatic heterocycles. The summed E-state index contributed by atoms with van der Waals surface area (Å²) >= 11 is 0. The molecule has 23 heteroatoms. The van der Waals surface area contributed by atoms with Crippen molar-refractivity contribution in [2.75, 3.05) is 45.0 Å². The van der Waals surface area contributed by atoms with E-state index >= 15 is 0 Å². The van der Waals surface area contributed by atoms with Gasteiger partial charge in [0.2, 0.25) is 0 Å². The number of hydrogen-bond acceptors (Lipinski definition) is 9. The molecular weight excluding hydrogens is 865 g/mol. The lowest BCUT2D eigenvalue weighted by atomic mass is 10.3. The Morgan fingerprint density at radius 2 is 0.687 bits per heavy atom. The predicted octanol–water partition coefficient (Wildman–Crippen LogP) is 3.04. The van der Waals surface area contributed by atoms with Crippen molar-refractivity contribution < 1.29 is 33.6 Å². The standard InChI is InChI=1S/C44H50N16O7/c1-54-12-11-46-37(54)44(67)53-30-18-36(60(7)24-30)43(66)52-29-17-35(59(6)23-29)42(65)51-28-16-34(58(5)22-28)41(64)50-27-15-33(57(4)21-27)40(63)49-26-14-32(56(3)20-26)39(62)48-25-13-31(55(2)19-25)38(61)47-10-8-9-45/h11-24H,8-10,45H2,1-7H3,(H,47,61)(H,48,62)(H,49,63)(H,50,64)(H,51,65)(H,52,66)(H,53,67). The van der Waals surface area contributed by atoms with Crippen LogP contribution in [0.1, 0.15) is 80.0 Å². The molecule has 7 heterocycles. The molecule has 7 amide bonds. The SMILES string of the molecule is Cn1cc(NC(=O)c2cc(NC(=O)c3cc(NC(=O)c4cc(NC(=O)c5cc(NC(=O)c6cc(NC(=O)c7nccn7C)cn6C)cn5C)cn4C)cn3C)cn2C)cc1C(=O)NCCCN. The number of aryl methyl sites for hydroxylation is 7. The van der Waals surface area contributed by atoms with Crippen molar-refractivity contribution in [3.05, 3.63) is 126 Å². The third-order valence-corrected chi connectivity index (χ3v) is 10.7. The zero-order chi connectivity index (χ0) is 48.3. The van der Waals surface area contributed by atoms with E-state index in [9.17, 15) is 33.6 Å². The second kappa shape index (κ2) is 19.1. The third-order valence-electron chi connectivity index (χ3n) is 10.7. The van der Waals surface area contributed by atoms with Crippen LogP contribution in [-0.4, -0.2) is 91.4 Å². The number of rotatable bonds is 16. The summed E-state index contributed by atoms with van der Waals surface area (Å²) in [7, 11) is 11.6. The molecule has 7 aromatic rings. The Kier molecular flexibility index (Phi) is 13.1. The Morgan fingerprint density at radius 3 is 0.940 bits per heavy atom. The van der Waals surface area contributed by atoms with E-state index in [1.165, 1.54) is 45.7 Å². The first-order chi connectivity index (χ1) is 31.9. The largest absolute Gasteiger partial charge is 0.351 e. The molecule has 0 radical (unpaired) electrons. The van der Waals surface area contributed by atoms with Crippen molar-refractivity contribution in [2.45, 2.75) is 6.42 Å². The summed E-state index contributed by atoms with van der Waals surface area (Å²) in [5.74, 6) is -2.97. The first kappa shape index (κ1) is 46.1. The summed E-state index contributed by atoms with van der Waals surface area (Å²) < 4.78 is 10.9. The van der Waals surface area contributed by atoms with Crippen LogP contribution in [0, 0.1) is 0 Å². The van der Waals surface area contributed by atoms with Gasteiger partial charge >= 0.3 is 0 Å². The van der Waals surface area contributed by atoms with Gasteiger partial charge in [0.25, 0.3) is 41.4 Å². The van der Waals surface area contributed by atoms with E-state index in [2.05, 4.69) is 42.2 Å². The maximum atomic E-state index is 13.5.